The molecule has 2 aromatic rings. The van der Waals surface area contributed by atoms with Gasteiger partial charge < -0.3 is 5.32 Å². The Morgan fingerprint density at radius 1 is 1.32 bits per heavy atom. The predicted molar refractivity (Wildman–Crippen MR) is 82.7 cm³/mol. The lowest BCUT2D eigenvalue weighted by molar-refractivity contribution is 0.514. The molecule has 0 aliphatic rings. The molecular weight excluding hydrogens is 252 g/mol. The van der Waals surface area contributed by atoms with Gasteiger partial charge in [0.15, 0.2) is 0 Å². The number of rotatable bonds is 7. The zero-order valence-corrected chi connectivity index (χ0v) is 12.5. The Hall–Kier alpha value is -1.19. The number of nitrogens with one attached hydrogen (secondary N) is 1. The van der Waals surface area contributed by atoms with Gasteiger partial charge in [-0.15, -0.1) is 0 Å². The van der Waals surface area contributed by atoms with Gasteiger partial charge in [0.05, 0.1) is 11.7 Å². The zero-order chi connectivity index (χ0) is 13.5. The topological polar surface area (TPSA) is 24.9 Å². The second-order valence-electron chi connectivity index (χ2n) is 4.74. The fourth-order valence-corrected chi connectivity index (χ4v) is 2.97. The van der Waals surface area contributed by atoms with E-state index in [-0.39, 0.29) is 0 Å². The molecule has 2 nitrogen and oxygen atoms in total. The molecule has 1 N–H and O–H groups in total. The van der Waals surface area contributed by atoms with Crippen LogP contribution >= 0.6 is 11.3 Å². The summed E-state index contributed by atoms with van der Waals surface area (Å²) in [5.74, 6) is 0. The first-order valence-electron chi connectivity index (χ1n) is 7.03. The number of hydrogen-bond donors (Lipinski definition) is 1. The number of hydrogen-bond acceptors (Lipinski definition) is 3. The summed E-state index contributed by atoms with van der Waals surface area (Å²) in [6.45, 7) is 5.43. The second-order valence-corrected chi connectivity index (χ2v) is 5.52. The predicted octanol–water partition coefficient (Wildman–Crippen LogP) is 3.99. The number of thiophene rings is 1. The van der Waals surface area contributed by atoms with Gasteiger partial charge in [0.1, 0.15) is 0 Å². The van der Waals surface area contributed by atoms with Crippen LogP contribution in [0.4, 0.5) is 0 Å². The number of aromatic nitrogens is 1. The first-order chi connectivity index (χ1) is 9.35. The average Bonchev–Trinajstić information content (AvgIpc) is 2.96. The van der Waals surface area contributed by atoms with Crippen LogP contribution < -0.4 is 5.32 Å². The molecule has 0 radical (unpaired) electrons. The Morgan fingerprint density at radius 3 is 2.89 bits per heavy atom. The summed E-state index contributed by atoms with van der Waals surface area (Å²) >= 11 is 1.76. The Morgan fingerprint density at radius 2 is 2.21 bits per heavy atom. The molecule has 0 aliphatic carbocycles. The Labute approximate surface area is 119 Å². The number of pyridine rings is 1. The van der Waals surface area contributed by atoms with Gasteiger partial charge in [0, 0.05) is 6.20 Å². The molecule has 1 unspecified atom stereocenters. The number of aryl methyl sites for hydroxylation is 1. The van der Waals surface area contributed by atoms with Crippen LogP contribution in [-0.2, 0) is 12.8 Å². The smallest absolute Gasteiger partial charge is 0.0608 e. The molecule has 2 aromatic heterocycles. The monoisotopic (exact) mass is 274 g/mol. The maximum atomic E-state index is 4.62. The highest BCUT2D eigenvalue weighted by atomic mass is 32.1. The van der Waals surface area contributed by atoms with Crippen molar-refractivity contribution in [2.24, 2.45) is 0 Å². The molecule has 0 spiro atoms. The molecule has 0 saturated heterocycles. The molecule has 102 valence electrons. The van der Waals surface area contributed by atoms with E-state index in [1.54, 1.807) is 11.3 Å². The lowest BCUT2D eigenvalue weighted by Gasteiger charge is -2.20. The Balaban J connectivity index is 2.20. The van der Waals surface area contributed by atoms with Crippen molar-refractivity contribution in [2.45, 2.75) is 39.2 Å². The summed E-state index contributed by atoms with van der Waals surface area (Å²) in [6.07, 6.45) is 5.11. The van der Waals surface area contributed by atoms with Crippen LogP contribution in [-0.4, -0.2) is 11.5 Å². The molecule has 3 heteroatoms. The van der Waals surface area contributed by atoms with Crippen LogP contribution in [0.2, 0.25) is 0 Å². The summed E-state index contributed by atoms with van der Waals surface area (Å²) in [5.41, 5.74) is 3.96. The van der Waals surface area contributed by atoms with Gasteiger partial charge >= 0.3 is 0 Å². The minimum atomic E-state index is 0.325. The second kappa shape index (κ2) is 7.41. The van der Waals surface area contributed by atoms with E-state index in [4.69, 9.17) is 0 Å². The van der Waals surface area contributed by atoms with Crippen LogP contribution in [0.5, 0.6) is 0 Å². The molecule has 0 aromatic carbocycles. The van der Waals surface area contributed by atoms with E-state index in [1.807, 2.05) is 12.3 Å². The highest BCUT2D eigenvalue weighted by Gasteiger charge is 2.16. The van der Waals surface area contributed by atoms with Gasteiger partial charge in [-0.2, -0.15) is 11.3 Å². The third kappa shape index (κ3) is 3.88. The zero-order valence-electron chi connectivity index (χ0n) is 11.7. The van der Waals surface area contributed by atoms with Crippen molar-refractivity contribution in [3.63, 3.8) is 0 Å². The lowest BCUT2D eigenvalue weighted by atomic mass is 9.99. The van der Waals surface area contributed by atoms with Crippen LogP contribution in [0.3, 0.4) is 0 Å². The summed E-state index contributed by atoms with van der Waals surface area (Å²) in [5, 5.41) is 8.02. The van der Waals surface area contributed by atoms with E-state index >= 15 is 0 Å². The maximum Gasteiger partial charge on any atom is 0.0608 e. The third-order valence-corrected chi connectivity index (χ3v) is 4.03. The third-order valence-electron chi connectivity index (χ3n) is 3.30. The van der Waals surface area contributed by atoms with Crippen molar-refractivity contribution in [1.29, 1.82) is 0 Å². The standard InChI is InChI=1S/C16H22N2S/c1-3-8-17-15(11-13-7-10-19-12-13)16-14(4-2)6-5-9-18-16/h5-7,9-10,12,15,17H,3-4,8,11H2,1-2H3. The molecule has 2 heterocycles. The van der Waals surface area contributed by atoms with Crippen molar-refractivity contribution < 1.29 is 0 Å². The first-order valence-corrected chi connectivity index (χ1v) is 7.97. The molecule has 0 aliphatic heterocycles. The first kappa shape index (κ1) is 14.2. The highest BCUT2D eigenvalue weighted by molar-refractivity contribution is 7.07. The van der Waals surface area contributed by atoms with Crippen LogP contribution in [0, 0.1) is 0 Å². The van der Waals surface area contributed by atoms with Crippen molar-refractivity contribution in [2.75, 3.05) is 6.54 Å². The minimum absolute atomic E-state index is 0.325. The molecule has 0 amide bonds. The lowest BCUT2D eigenvalue weighted by Crippen LogP contribution is -2.26. The summed E-state index contributed by atoms with van der Waals surface area (Å²) in [7, 11) is 0. The van der Waals surface area contributed by atoms with Crippen molar-refractivity contribution in [1.82, 2.24) is 10.3 Å². The van der Waals surface area contributed by atoms with E-state index in [2.05, 4.69) is 47.0 Å². The Bertz CT molecular complexity index is 479. The highest BCUT2D eigenvalue weighted by Crippen LogP contribution is 2.21. The minimum Gasteiger partial charge on any atom is -0.308 e. The van der Waals surface area contributed by atoms with E-state index in [1.165, 1.54) is 16.8 Å². The van der Waals surface area contributed by atoms with E-state index in [9.17, 15) is 0 Å². The maximum absolute atomic E-state index is 4.62. The van der Waals surface area contributed by atoms with Crippen molar-refractivity contribution in [3.05, 3.63) is 52.0 Å². The van der Waals surface area contributed by atoms with E-state index < -0.39 is 0 Å². The van der Waals surface area contributed by atoms with Crippen molar-refractivity contribution >= 4 is 11.3 Å². The van der Waals surface area contributed by atoms with Gasteiger partial charge in [-0.05, 0) is 59.8 Å². The van der Waals surface area contributed by atoms with Crippen molar-refractivity contribution in [3.8, 4) is 0 Å². The number of nitrogens with zero attached hydrogens (tertiary/aromatic N) is 1. The largest absolute Gasteiger partial charge is 0.308 e. The fourth-order valence-electron chi connectivity index (χ4n) is 2.29. The summed E-state index contributed by atoms with van der Waals surface area (Å²) < 4.78 is 0. The van der Waals surface area contributed by atoms with Gasteiger partial charge in [-0.25, -0.2) is 0 Å². The van der Waals surface area contributed by atoms with Gasteiger partial charge in [-0.1, -0.05) is 19.9 Å². The summed E-state index contributed by atoms with van der Waals surface area (Å²) in [6, 6.07) is 6.76. The molecule has 0 bridgehead atoms. The molecular formula is C16H22N2S. The van der Waals surface area contributed by atoms with Crippen LogP contribution in [0.25, 0.3) is 0 Å². The van der Waals surface area contributed by atoms with Crippen LogP contribution in [0.15, 0.2) is 35.2 Å². The summed E-state index contributed by atoms with van der Waals surface area (Å²) in [4.78, 5) is 4.62. The van der Waals surface area contributed by atoms with E-state index in [0.717, 1.165) is 25.8 Å². The average molecular weight is 274 g/mol. The van der Waals surface area contributed by atoms with Gasteiger partial charge in [0.25, 0.3) is 0 Å². The fraction of sp³-hybridized carbons (Fsp3) is 0.438. The van der Waals surface area contributed by atoms with E-state index in [0.29, 0.717) is 6.04 Å². The van der Waals surface area contributed by atoms with Gasteiger partial charge in [-0.3, -0.25) is 4.98 Å². The molecule has 19 heavy (non-hydrogen) atoms. The molecule has 2 rings (SSSR count). The van der Waals surface area contributed by atoms with Gasteiger partial charge in [0.2, 0.25) is 0 Å². The molecule has 0 saturated carbocycles. The quantitative estimate of drug-likeness (QED) is 0.826. The normalized spacial score (nSPS) is 12.5. The Kier molecular flexibility index (Phi) is 5.55. The SMILES string of the molecule is CCCNC(Cc1ccsc1)c1ncccc1CC. The van der Waals surface area contributed by atoms with Crippen LogP contribution in [0.1, 0.15) is 43.1 Å². The molecule has 1 atom stereocenters. The molecule has 0 fully saturated rings.